The summed E-state index contributed by atoms with van der Waals surface area (Å²) in [6, 6.07) is 19.9. The Morgan fingerprint density at radius 2 is 1.60 bits per heavy atom. The van der Waals surface area contributed by atoms with Crippen molar-refractivity contribution in [1.82, 2.24) is 9.62 Å². The number of nitrogens with zero attached hydrogens (tertiary/aromatic N) is 1. The lowest BCUT2D eigenvalue weighted by Gasteiger charge is -2.21. The second kappa shape index (κ2) is 9.06. The van der Waals surface area contributed by atoms with Crippen LogP contribution in [0.4, 0.5) is 0 Å². The highest BCUT2D eigenvalue weighted by Gasteiger charge is 2.27. The van der Waals surface area contributed by atoms with Crippen LogP contribution < -0.4 is 10.5 Å². The molecule has 1 atom stereocenters. The molecule has 3 N–H and O–H groups in total. The van der Waals surface area contributed by atoms with E-state index in [0.29, 0.717) is 6.54 Å². The molecule has 0 saturated heterocycles. The minimum absolute atomic E-state index is 0.00228. The number of primary amides is 1. The van der Waals surface area contributed by atoms with E-state index in [0.717, 1.165) is 16.3 Å². The summed E-state index contributed by atoms with van der Waals surface area (Å²) in [5.74, 6) is -1.32. The van der Waals surface area contributed by atoms with Gasteiger partial charge in [-0.25, -0.2) is 8.42 Å². The van der Waals surface area contributed by atoms with Gasteiger partial charge in [0.25, 0.3) is 0 Å². The van der Waals surface area contributed by atoms with Crippen LogP contribution in [0.25, 0.3) is 10.8 Å². The molecule has 0 spiro atoms. The van der Waals surface area contributed by atoms with Crippen LogP contribution in [-0.4, -0.2) is 38.2 Å². The normalized spacial score (nSPS) is 12.4. The average molecular weight is 426 g/mol. The van der Waals surface area contributed by atoms with Gasteiger partial charge in [-0.15, -0.1) is 0 Å². The minimum Gasteiger partial charge on any atom is -0.368 e. The van der Waals surface area contributed by atoms with E-state index in [4.69, 9.17) is 5.73 Å². The Labute approximate surface area is 175 Å². The smallest absolute Gasteiger partial charge is 0.241 e. The van der Waals surface area contributed by atoms with Crippen LogP contribution in [0.15, 0.2) is 77.7 Å². The standard InChI is InChI=1S/C22H23N3O4S/c1-25(15-16-7-3-2-4-8-16)21(26)14-20(22(23)27)24-30(28,29)19-12-11-17-9-5-6-10-18(17)13-19/h2-13,20,24H,14-15H2,1H3,(H2,23,27)/t20-/m0/s1. The van der Waals surface area contributed by atoms with Crippen molar-refractivity contribution in [3.8, 4) is 0 Å². The number of benzene rings is 3. The fraction of sp³-hybridized carbons (Fsp3) is 0.182. The van der Waals surface area contributed by atoms with Crippen molar-refractivity contribution < 1.29 is 18.0 Å². The molecule has 8 heteroatoms. The molecule has 0 aliphatic rings. The summed E-state index contributed by atoms with van der Waals surface area (Å²) in [5.41, 5.74) is 6.29. The van der Waals surface area contributed by atoms with Gasteiger partial charge >= 0.3 is 0 Å². The van der Waals surface area contributed by atoms with E-state index in [-0.39, 0.29) is 11.3 Å². The van der Waals surface area contributed by atoms with Crippen molar-refractivity contribution in [2.75, 3.05) is 7.05 Å². The Kier molecular flexibility index (Phi) is 6.49. The Bertz CT molecular complexity index is 1160. The van der Waals surface area contributed by atoms with Gasteiger partial charge in [0.15, 0.2) is 0 Å². The Morgan fingerprint density at radius 1 is 0.967 bits per heavy atom. The first kappa shape index (κ1) is 21.5. The Morgan fingerprint density at radius 3 is 2.27 bits per heavy atom. The molecule has 156 valence electrons. The minimum atomic E-state index is -4.05. The zero-order chi connectivity index (χ0) is 21.7. The highest BCUT2D eigenvalue weighted by molar-refractivity contribution is 7.89. The number of rotatable bonds is 8. The van der Waals surface area contributed by atoms with Crippen molar-refractivity contribution in [1.29, 1.82) is 0 Å². The SMILES string of the molecule is CN(Cc1ccccc1)C(=O)C[C@H](NS(=O)(=O)c1ccc2ccccc2c1)C(N)=O. The molecule has 0 aromatic heterocycles. The molecule has 0 unspecified atom stereocenters. The monoisotopic (exact) mass is 425 g/mol. The number of carbonyl (C=O) groups is 2. The second-order valence-corrected chi connectivity index (χ2v) is 8.74. The van der Waals surface area contributed by atoms with Gasteiger partial charge in [-0.3, -0.25) is 9.59 Å². The molecule has 0 heterocycles. The van der Waals surface area contributed by atoms with Gasteiger partial charge in [0.05, 0.1) is 11.3 Å². The molecule has 0 radical (unpaired) electrons. The summed E-state index contributed by atoms with van der Waals surface area (Å²) < 4.78 is 27.9. The largest absolute Gasteiger partial charge is 0.368 e. The molecule has 3 aromatic rings. The maximum Gasteiger partial charge on any atom is 0.241 e. The van der Waals surface area contributed by atoms with Crippen molar-refractivity contribution in [2.24, 2.45) is 5.73 Å². The summed E-state index contributed by atoms with van der Waals surface area (Å²) in [7, 11) is -2.46. The maximum atomic E-state index is 12.8. The summed E-state index contributed by atoms with van der Waals surface area (Å²) in [6.45, 7) is 0.336. The molecule has 0 aliphatic carbocycles. The van der Waals surface area contributed by atoms with E-state index >= 15 is 0 Å². The van der Waals surface area contributed by atoms with Crippen molar-refractivity contribution >= 4 is 32.6 Å². The van der Waals surface area contributed by atoms with E-state index in [1.807, 2.05) is 42.5 Å². The number of sulfonamides is 1. The summed E-state index contributed by atoms with van der Waals surface area (Å²) in [4.78, 5) is 25.8. The van der Waals surface area contributed by atoms with Gasteiger partial charge in [0, 0.05) is 13.6 Å². The number of fused-ring (bicyclic) bond motifs is 1. The lowest BCUT2D eigenvalue weighted by molar-refractivity contribution is -0.133. The predicted molar refractivity (Wildman–Crippen MR) is 115 cm³/mol. The van der Waals surface area contributed by atoms with Crippen LogP contribution in [0.2, 0.25) is 0 Å². The third-order valence-electron chi connectivity index (χ3n) is 4.74. The molecule has 0 aliphatic heterocycles. The fourth-order valence-corrected chi connectivity index (χ4v) is 4.31. The molecule has 3 rings (SSSR count). The zero-order valence-electron chi connectivity index (χ0n) is 16.5. The Balaban J connectivity index is 1.73. The summed E-state index contributed by atoms with van der Waals surface area (Å²) >= 11 is 0. The van der Waals surface area contributed by atoms with E-state index in [9.17, 15) is 18.0 Å². The van der Waals surface area contributed by atoms with E-state index in [1.165, 1.54) is 17.0 Å². The lowest BCUT2D eigenvalue weighted by Crippen LogP contribution is -2.47. The van der Waals surface area contributed by atoms with Crippen LogP contribution in [0.3, 0.4) is 0 Å². The predicted octanol–water partition coefficient (Wildman–Crippen LogP) is 2.02. The quantitative estimate of drug-likeness (QED) is 0.575. The molecule has 0 fully saturated rings. The van der Waals surface area contributed by atoms with Crippen LogP contribution in [0.5, 0.6) is 0 Å². The average Bonchev–Trinajstić information content (AvgIpc) is 2.73. The topological polar surface area (TPSA) is 110 Å². The molecule has 3 aromatic carbocycles. The fourth-order valence-electron chi connectivity index (χ4n) is 3.07. The maximum absolute atomic E-state index is 12.8. The van der Waals surface area contributed by atoms with E-state index in [1.54, 1.807) is 25.2 Å². The van der Waals surface area contributed by atoms with E-state index < -0.39 is 27.9 Å². The number of amides is 2. The number of nitrogens with two attached hydrogens (primary N) is 1. The first-order valence-electron chi connectivity index (χ1n) is 9.34. The summed E-state index contributed by atoms with van der Waals surface area (Å²) in [5, 5.41) is 1.63. The van der Waals surface area contributed by atoms with Gasteiger partial charge in [-0.2, -0.15) is 4.72 Å². The van der Waals surface area contributed by atoms with Crippen molar-refractivity contribution in [3.05, 3.63) is 78.4 Å². The van der Waals surface area contributed by atoms with Crippen molar-refractivity contribution in [3.63, 3.8) is 0 Å². The zero-order valence-corrected chi connectivity index (χ0v) is 17.3. The molecule has 0 bridgehead atoms. The molecule has 0 saturated carbocycles. The lowest BCUT2D eigenvalue weighted by atomic mass is 10.1. The van der Waals surface area contributed by atoms with Gasteiger partial charge in [-0.1, -0.05) is 60.7 Å². The molecular weight excluding hydrogens is 402 g/mol. The highest BCUT2D eigenvalue weighted by atomic mass is 32.2. The number of nitrogens with one attached hydrogen (secondary N) is 1. The van der Waals surface area contributed by atoms with Gasteiger partial charge in [0.2, 0.25) is 21.8 Å². The highest BCUT2D eigenvalue weighted by Crippen LogP contribution is 2.19. The van der Waals surface area contributed by atoms with Crippen LogP contribution >= 0.6 is 0 Å². The number of hydrogen-bond acceptors (Lipinski definition) is 4. The van der Waals surface area contributed by atoms with Crippen LogP contribution in [0, 0.1) is 0 Å². The van der Waals surface area contributed by atoms with Crippen LogP contribution in [-0.2, 0) is 26.2 Å². The Hall–Kier alpha value is -3.23. The number of hydrogen-bond donors (Lipinski definition) is 2. The first-order chi connectivity index (χ1) is 14.3. The van der Waals surface area contributed by atoms with Crippen LogP contribution in [0.1, 0.15) is 12.0 Å². The molecule has 2 amide bonds. The molecular formula is C22H23N3O4S. The third kappa shape index (κ3) is 5.22. The first-order valence-corrected chi connectivity index (χ1v) is 10.8. The second-order valence-electron chi connectivity index (χ2n) is 7.02. The van der Waals surface area contributed by atoms with E-state index in [2.05, 4.69) is 4.72 Å². The van der Waals surface area contributed by atoms with Crippen molar-refractivity contribution in [2.45, 2.75) is 23.9 Å². The molecule has 30 heavy (non-hydrogen) atoms. The van der Waals surface area contributed by atoms with Gasteiger partial charge in [0.1, 0.15) is 6.04 Å². The molecule has 7 nitrogen and oxygen atoms in total. The summed E-state index contributed by atoms with van der Waals surface area (Å²) in [6.07, 6.45) is -0.370. The van der Waals surface area contributed by atoms with Gasteiger partial charge < -0.3 is 10.6 Å². The third-order valence-corrected chi connectivity index (χ3v) is 6.21. The van der Waals surface area contributed by atoms with Gasteiger partial charge in [-0.05, 0) is 28.5 Å². The number of carbonyl (C=O) groups excluding carboxylic acids is 2.